The van der Waals surface area contributed by atoms with Crippen molar-refractivity contribution >= 4 is 45.6 Å². The molecule has 12 heteroatoms. The number of benzene rings is 1. The first-order valence-corrected chi connectivity index (χ1v) is 11.0. The molecule has 2 aromatic heterocycles. The summed E-state index contributed by atoms with van der Waals surface area (Å²) < 4.78 is 25.6. The molecule has 0 atom stereocenters. The maximum atomic E-state index is 15.2. The predicted octanol–water partition coefficient (Wildman–Crippen LogP) is 3.67. The van der Waals surface area contributed by atoms with Gasteiger partial charge in [-0.15, -0.1) is 5.10 Å². The highest BCUT2D eigenvalue weighted by Crippen LogP contribution is 2.58. The number of aromatic nitrogens is 3. The number of nitrogens with one attached hydrogen (secondary N) is 1. The van der Waals surface area contributed by atoms with E-state index in [1.165, 1.54) is 25.3 Å². The van der Waals surface area contributed by atoms with E-state index in [4.69, 9.17) is 21.1 Å². The molecule has 1 aromatic carbocycles. The highest BCUT2D eigenvalue weighted by molar-refractivity contribution is 7.17. The van der Waals surface area contributed by atoms with Crippen LogP contribution in [0.2, 0.25) is 5.15 Å². The highest BCUT2D eigenvalue weighted by Gasteiger charge is 2.58. The topological polar surface area (TPSA) is 107 Å². The molecule has 33 heavy (non-hydrogen) atoms. The second-order valence-corrected chi connectivity index (χ2v) is 9.00. The van der Waals surface area contributed by atoms with Gasteiger partial charge in [0.25, 0.3) is 11.1 Å². The Hall–Kier alpha value is -3.31. The van der Waals surface area contributed by atoms with E-state index in [2.05, 4.69) is 20.5 Å². The molecule has 1 aliphatic carbocycles. The van der Waals surface area contributed by atoms with Gasteiger partial charge in [-0.1, -0.05) is 16.7 Å². The number of amides is 2. The van der Waals surface area contributed by atoms with Crippen molar-refractivity contribution in [1.82, 2.24) is 15.2 Å². The van der Waals surface area contributed by atoms with Crippen molar-refractivity contribution in [1.29, 1.82) is 0 Å². The smallest absolute Gasteiger partial charge is 0.295 e. The number of anilines is 2. The minimum Gasteiger partial charge on any atom is -0.494 e. The van der Waals surface area contributed by atoms with E-state index in [-0.39, 0.29) is 43.8 Å². The summed E-state index contributed by atoms with van der Waals surface area (Å²) in [6.45, 7) is 0. The van der Waals surface area contributed by atoms with Crippen molar-refractivity contribution in [3.8, 4) is 22.1 Å². The van der Waals surface area contributed by atoms with Crippen LogP contribution in [0.4, 0.5) is 15.2 Å². The normalized spacial score (nSPS) is 15.5. The number of carbonyl (C=O) groups is 2. The molecule has 2 aliphatic rings. The van der Waals surface area contributed by atoms with Crippen molar-refractivity contribution < 1.29 is 23.5 Å². The lowest BCUT2D eigenvalue weighted by atomic mass is 9.90. The number of nitrogens with zero attached hydrogens (tertiary/aromatic N) is 4. The van der Waals surface area contributed by atoms with Crippen LogP contribution in [0, 0.1) is 5.82 Å². The molecule has 1 aliphatic heterocycles. The van der Waals surface area contributed by atoms with E-state index in [0.717, 1.165) is 16.9 Å². The summed E-state index contributed by atoms with van der Waals surface area (Å²) in [5.41, 5.74) is 1.03. The molecule has 5 rings (SSSR count). The van der Waals surface area contributed by atoms with Crippen LogP contribution in [0.25, 0.3) is 11.1 Å². The molecule has 0 saturated heterocycles. The molecule has 9 nitrogen and oxygen atoms in total. The first-order chi connectivity index (χ1) is 15.8. The van der Waals surface area contributed by atoms with Crippen LogP contribution in [-0.4, -0.2) is 48.3 Å². The number of pyridine rings is 1. The number of hydrogen-bond donors (Lipinski definition) is 1. The largest absolute Gasteiger partial charge is 0.494 e. The molecule has 1 fully saturated rings. The van der Waals surface area contributed by atoms with Crippen molar-refractivity contribution in [2.45, 2.75) is 18.3 Å². The SMILES string of the molecule is COc1nnc(NC(=O)c2cc3c(cc2-c2c(OC)cnc(Cl)c2F)C2(CC2)C(=O)N3C)s1. The molecule has 0 bridgehead atoms. The third kappa shape index (κ3) is 3.22. The van der Waals surface area contributed by atoms with Gasteiger partial charge in [0.15, 0.2) is 11.0 Å². The third-order valence-electron chi connectivity index (χ3n) is 5.95. The van der Waals surface area contributed by atoms with Crippen LogP contribution in [0.1, 0.15) is 28.8 Å². The maximum absolute atomic E-state index is 15.2. The zero-order valence-electron chi connectivity index (χ0n) is 17.7. The molecule has 0 unspecified atom stereocenters. The fraction of sp³-hybridized carbons (Fsp3) is 0.286. The number of fused-ring (bicyclic) bond motifs is 2. The molecule has 1 saturated carbocycles. The maximum Gasteiger partial charge on any atom is 0.295 e. The average molecular weight is 490 g/mol. The Morgan fingerprint density at radius 3 is 2.67 bits per heavy atom. The van der Waals surface area contributed by atoms with Crippen LogP contribution in [-0.2, 0) is 10.2 Å². The zero-order valence-corrected chi connectivity index (χ0v) is 19.3. The molecule has 0 radical (unpaired) electrons. The van der Waals surface area contributed by atoms with E-state index in [1.54, 1.807) is 19.2 Å². The predicted molar refractivity (Wildman–Crippen MR) is 120 cm³/mol. The van der Waals surface area contributed by atoms with Crippen molar-refractivity contribution in [2.24, 2.45) is 0 Å². The minimum absolute atomic E-state index is 0.0157. The fourth-order valence-corrected chi connectivity index (χ4v) is 4.86. The second kappa shape index (κ2) is 7.63. The van der Waals surface area contributed by atoms with Crippen molar-refractivity contribution in [3.63, 3.8) is 0 Å². The fourth-order valence-electron chi connectivity index (χ4n) is 4.16. The number of likely N-dealkylation sites (N-methyl/N-ethyl adjacent to an activating group) is 1. The lowest BCUT2D eigenvalue weighted by molar-refractivity contribution is -0.119. The van der Waals surface area contributed by atoms with Gasteiger partial charge < -0.3 is 14.4 Å². The van der Waals surface area contributed by atoms with Crippen molar-refractivity contribution in [2.75, 3.05) is 31.5 Å². The Balaban J connectivity index is 1.71. The first kappa shape index (κ1) is 21.5. The van der Waals surface area contributed by atoms with Crippen LogP contribution in [0.3, 0.4) is 0 Å². The number of rotatable bonds is 5. The van der Waals surface area contributed by atoms with Gasteiger partial charge in [-0.3, -0.25) is 14.9 Å². The van der Waals surface area contributed by atoms with Crippen LogP contribution >= 0.6 is 22.9 Å². The number of methoxy groups -OCH3 is 2. The molecule has 3 aromatic rings. The van der Waals surface area contributed by atoms with Crippen LogP contribution in [0.15, 0.2) is 18.3 Å². The number of carbonyl (C=O) groups excluding carboxylic acids is 2. The van der Waals surface area contributed by atoms with Gasteiger partial charge in [0.2, 0.25) is 11.0 Å². The third-order valence-corrected chi connectivity index (χ3v) is 7.02. The summed E-state index contributed by atoms with van der Waals surface area (Å²) in [6, 6.07) is 3.26. The van der Waals surface area contributed by atoms with E-state index < -0.39 is 17.1 Å². The van der Waals surface area contributed by atoms with Crippen LogP contribution in [0.5, 0.6) is 10.9 Å². The Bertz CT molecular complexity index is 1330. The molecule has 170 valence electrons. The van der Waals surface area contributed by atoms with E-state index in [0.29, 0.717) is 18.5 Å². The standard InChI is InChI=1S/C21H17ClFN5O4S/c1-28-12-7-10(17(29)25-19-26-27-20(32-3)33-19)9(6-11(12)21(4-5-21)18(28)30)14-13(31-2)8-24-16(22)15(14)23/h6-8H,4-5H2,1-3H3,(H,25,26,29). The second-order valence-electron chi connectivity index (χ2n) is 7.70. The van der Waals surface area contributed by atoms with Crippen molar-refractivity contribution in [3.05, 3.63) is 40.4 Å². The average Bonchev–Trinajstić information content (AvgIpc) is 3.46. The van der Waals surface area contributed by atoms with Gasteiger partial charge >= 0.3 is 0 Å². The summed E-state index contributed by atoms with van der Waals surface area (Å²) in [4.78, 5) is 31.6. The Morgan fingerprint density at radius 1 is 1.27 bits per heavy atom. The van der Waals surface area contributed by atoms with Gasteiger partial charge in [0.1, 0.15) is 5.75 Å². The molecule has 1 spiro atoms. The van der Waals surface area contributed by atoms with Gasteiger partial charge in [-0.2, -0.15) is 0 Å². The van der Waals surface area contributed by atoms with E-state index >= 15 is 4.39 Å². The van der Waals surface area contributed by atoms with E-state index in [9.17, 15) is 9.59 Å². The van der Waals surface area contributed by atoms with Gasteiger partial charge in [0, 0.05) is 23.9 Å². The van der Waals surface area contributed by atoms with E-state index in [1.807, 2.05) is 0 Å². The summed E-state index contributed by atoms with van der Waals surface area (Å²) >= 11 is 7.01. The highest BCUT2D eigenvalue weighted by atomic mass is 35.5. The Kier molecular flexibility index (Phi) is 4.98. The molecule has 1 N–H and O–H groups in total. The number of ether oxygens (including phenoxy) is 2. The summed E-state index contributed by atoms with van der Waals surface area (Å²) in [6.07, 6.45) is 2.67. The van der Waals surface area contributed by atoms with Gasteiger partial charge in [-0.25, -0.2) is 9.37 Å². The molecular formula is C21H17ClFN5O4S. The number of halogens is 2. The van der Waals surface area contributed by atoms with Gasteiger partial charge in [0.05, 0.1) is 31.4 Å². The number of hydrogen-bond acceptors (Lipinski definition) is 8. The van der Waals surface area contributed by atoms with Gasteiger partial charge in [-0.05, 0) is 41.9 Å². The Morgan fingerprint density at radius 2 is 2.03 bits per heavy atom. The summed E-state index contributed by atoms with van der Waals surface area (Å²) in [5.74, 6) is -1.34. The quantitative estimate of drug-likeness (QED) is 0.545. The monoisotopic (exact) mass is 489 g/mol. The minimum atomic E-state index is -0.829. The summed E-state index contributed by atoms with van der Waals surface area (Å²) in [5, 5.41) is 10.4. The summed E-state index contributed by atoms with van der Waals surface area (Å²) in [7, 11) is 4.47. The molecule has 2 amide bonds. The first-order valence-electron chi connectivity index (χ1n) is 9.84. The van der Waals surface area contributed by atoms with Crippen LogP contribution < -0.4 is 19.7 Å². The molecular weight excluding hydrogens is 473 g/mol. The lowest BCUT2D eigenvalue weighted by Gasteiger charge is -2.17. The lowest BCUT2D eigenvalue weighted by Crippen LogP contribution is -2.28. The zero-order chi connectivity index (χ0) is 23.5. The molecule has 3 heterocycles. The Labute approximate surface area is 196 Å².